The van der Waals surface area contributed by atoms with Gasteiger partial charge in [-0.15, -0.1) is 0 Å². The number of carbonyl (C=O) groups is 1. The Labute approximate surface area is 129 Å². The highest BCUT2D eigenvalue weighted by Gasteiger charge is 2.37. The monoisotopic (exact) mass is 302 g/mol. The van der Waals surface area contributed by atoms with E-state index in [0.29, 0.717) is 18.4 Å². The summed E-state index contributed by atoms with van der Waals surface area (Å²) in [5, 5.41) is 7.45. The SMILES string of the molecule is O=C1NCCCC1N1CC(Cn2nc(C3CC3)ccc2=O)C1. The van der Waals surface area contributed by atoms with Crippen LogP contribution in [-0.2, 0) is 11.3 Å². The van der Waals surface area contributed by atoms with Crippen molar-refractivity contribution >= 4 is 5.91 Å². The predicted octanol–water partition coefficient (Wildman–Crippen LogP) is 0.331. The molecule has 3 aliphatic rings. The molecule has 4 rings (SSSR count). The van der Waals surface area contributed by atoms with Gasteiger partial charge >= 0.3 is 0 Å². The maximum absolute atomic E-state index is 11.9. The van der Waals surface area contributed by atoms with Gasteiger partial charge in [0.1, 0.15) is 0 Å². The van der Waals surface area contributed by atoms with Crippen LogP contribution in [0.15, 0.2) is 16.9 Å². The van der Waals surface area contributed by atoms with Crippen LogP contribution in [-0.4, -0.2) is 46.3 Å². The number of nitrogens with zero attached hydrogens (tertiary/aromatic N) is 3. The van der Waals surface area contributed by atoms with Crippen molar-refractivity contribution in [2.24, 2.45) is 5.92 Å². The Balaban J connectivity index is 1.36. The van der Waals surface area contributed by atoms with Gasteiger partial charge in [-0.25, -0.2) is 4.68 Å². The number of piperidine rings is 1. The van der Waals surface area contributed by atoms with Crippen molar-refractivity contribution in [3.8, 4) is 0 Å². The minimum Gasteiger partial charge on any atom is -0.355 e. The molecular formula is C16H22N4O2. The molecule has 0 spiro atoms. The summed E-state index contributed by atoms with van der Waals surface area (Å²) in [6.45, 7) is 3.25. The van der Waals surface area contributed by atoms with Crippen molar-refractivity contribution in [2.45, 2.75) is 44.2 Å². The van der Waals surface area contributed by atoms with E-state index in [0.717, 1.165) is 38.2 Å². The average Bonchev–Trinajstić information content (AvgIpc) is 3.30. The molecule has 1 unspecified atom stereocenters. The highest BCUT2D eigenvalue weighted by Crippen LogP contribution is 2.38. The molecular weight excluding hydrogens is 280 g/mol. The van der Waals surface area contributed by atoms with Gasteiger partial charge < -0.3 is 5.32 Å². The summed E-state index contributed by atoms with van der Waals surface area (Å²) in [5.41, 5.74) is 1.04. The van der Waals surface area contributed by atoms with Crippen molar-refractivity contribution in [3.05, 3.63) is 28.2 Å². The first-order valence-corrected chi connectivity index (χ1v) is 8.30. The lowest BCUT2D eigenvalue weighted by molar-refractivity contribution is -0.131. The normalized spacial score (nSPS) is 26.5. The molecule has 2 aliphatic heterocycles. The van der Waals surface area contributed by atoms with E-state index in [2.05, 4.69) is 15.3 Å². The van der Waals surface area contributed by atoms with Gasteiger partial charge in [0.25, 0.3) is 5.56 Å². The second-order valence-electron chi connectivity index (χ2n) is 6.82. The van der Waals surface area contributed by atoms with Crippen molar-refractivity contribution < 1.29 is 4.79 Å². The summed E-state index contributed by atoms with van der Waals surface area (Å²) >= 11 is 0. The molecule has 3 fully saturated rings. The van der Waals surface area contributed by atoms with Gasteiger partial charge in [-0.05, 0) is 31.7 Å². The second kappa shape index (κ2) is 5.50. The van der Waals surface area contributed by atoms with E-state index in [-0.39, 0.29) is 17.5 Å². The molecule has 1 aliphatic carbocycles. The van der Waals surface area contributed by atoms with Crippen molar-refractivity contribution in [1.82, 2.24) is 20.0 Å². The fourth-order valence-electron chi connectivity index (χ4n) is 3.52. The Kier molecular flexibility index (Phi) is 3.48. The van der Waals surface area contributed by atoms with Crippen LogP contribution in [0.25, 0.3) is 0 Å². The lowest BCUT2D eigenvalue weighted by atomic mass is 9.94. The van der Waals surface area contributed by atoms with Gasteiger partial charge in [0.05, 0.1) is 18.3 Å². The van der Waals surface area contributed by atoms with Gasteiger partial charge in [-0.1, -0.05) is 0 Å². The number of nitrogens with one attached hydrogen (secondary N) is 1. The molecule has 1 aromatic rings. The highest BCUT2D eigenvalue weighted by molar-refractivity contribution is 5.82. The van der Waals surface area contributed by atoms with E-state index < -0.39 is 0 Å². The van der Waals surface area contributed by atoms with E-state index in [9.17, 15) is 9.59 Å². The highest BCUT2D eigenvalue weighted by atomic mass is 16.2. The molecule has 0 aromatic carbocycles. The second-order valence-corrected chi connectivity index (χ2v) is 6.82. The topological polar surface area (TPSA) is 67.2 Å². The van der Waals surface area contributed by atoms with Crippen LogP contribution in [0, 0.1) is 5.92 Å². The van der Waals surface area contributed by atoms with Crippen LogP contribution < -0.4 is 10.9 Å². The fraction of sp³-hybridized carbons (Fsp3) is 0.688. The molecule has 118 valence electrons. The van der Waals surface area contributed by atoms with Crippen LogP contribution >= 0.6 is 0 Å². The van der Waals surface area contributed by atoms with Gasteiger partial charge in [-0.2, -0.15) is 5.10 Å². The fourth-order valence-corrected chi connectivity index (χ4v) is 3.52. The summed E-state index contributed by atoms with van der Waals surface area (Å²) in [4.78, 5) is 26.0. The third kappa shape index (κ3) is 2.67. The number of rotatable bonds is 4. The van der Waals surface area contributed by atoms with Crippen LogP contribution in [0.5, 0.6) is 0 Å². The first-order valence-electron chi connectivity index (χ1n) is 8.30. The van der Waals surface area contributed by atoms with Crippen LogP contribution in [0.2, 0.25) is 0 Å². The number of hydrogen-bond donors (Lipinski definition) is 1. The lowest BCUT2D eigenvalue weighted by Gasteiger charge is -2.44. The number of amides is 1. The smallest absolute Gasteiger partial charge is 0.266 e. The minimum atomic E-state index is -0.0155. The van der Waals surface area contributed by atoms with Gasteiger partial charge in [-0.3, -0.25) is 14.5 Å². The van der Waals surface area contributed by atoms with Crippen molar-refractivity contribution in [1.29, 1.82) is 0 Å². The van der Waals surface area contributed by atoms with E-state index in [1.807, 2.05) is 6.07 Å². The van der Waals surface area contributed by atoms with Gasteiger partial charge in [0.15, 0.2) is 0 Å². The molecule has 1 N–H and O–H groups in total. The molecule has 6 nitrogen and oxygen atoms in total. The zero-order valence-corrected chi connectivity index (χ0v) is 12.7. The largest absolute Gasteiger partial charge is 0.355 e. The van der Waals surface area contributed by atoms with Crippen LogP contribution in [0.4, 0.5) is 0 Å². The number of hydrogen-bond acceptors (Lipinski definition) is 4. The standard InChI is InChI=1S/C16H22N4O2/c21-15-6-5-13(12-3-4-12)18-20(15)10-11-8-19(9-11)14-2-1-7-17-16(14)22/h5-6,11-12,14H,1-4,7-10H2,(H,17,22). The van der Waals surface area contributed by atoms with E-state index >= 15 is 0 Å². The molecule has 3 heterocycles. The van der Waals surface area contributed by atoms with Crippen LogP contribution in [0.1, 0.15) is 37.3 Å². The zero-order valence-electron chi connectivity index (χ0n) is 12.7. The summed E-state index contributed by atoms with van der Waals surface area (Å²) in [5.74, 6) is 1.15. The van der Waals surface area contributed by atoms with Crippen LogP contribution in [0.3, 0.4) is 0 Å². The summed E-state index contributed by atoms with van der Waals surface area (Å²) < 4.78 is 1.62. The molecule has 22 heavy (non-hydrogen) atoms. The first-order chi connectivity index (χ1) is 10.7. The van der Waals surface area contributed by atoms with Crippen molar-refractivity contribution in [3.63, 3.8) is 0 Å². The maximum Gasteiger partial charge on any atom is 0.266 e. The van der Waals surface area contributed by atoms with Gasteiger partial charge in [0, 0.05) is 37.5 Å². The molecule has 1 amide bonds. The van der Waals surface area contributed by atoms with E-state index in [1.165, 1.54) is 12.8 Å². The summed E-state index contributed by atoms with van der Waals surface area (Å²) in [6, 6.07) is 3.55. The Hall–Kier alpha value is -1.69. The average molecular weight is 302 g/mol. The third-order valence-corrected chi connectivity index (χ3v) is 5.00. The predicted molar refractivity (Wildman–Crippen MR) is 81.6 cm³/mol. The number of aromatic nitrogens is 2. The Morgan fingerprint density at radius 3 is 2.73 bits per heavy atom. The molecule has 0 radical (unpaired) electrons. The Bertz CT molecular complexity index is 631. The quantitative estimate of drug-likeness (QED) is 0.870. The third-order valence-electron chi connectivity index (χ3n) is 5.00. The molecule has 0 bridgehead atoms. The number of carbonyl (C=O) groups excluding carboxylic acids is 1. The molecule has 1 aromatic heterocycles. The summed E-state index contributed by atoms with van der Waals surface area (Å²) in [6.07, 6.45) is 4.40. The molecule has 2 saturated heterocycles. The zero-order chi connectivity index (χ0) is 15.1. The Morgan fingerprint density at radius 2 is 2.00 bits per heavy atom. The molecule has 6 heteroatoms. The lowest BCUT2D eigenvalue weighted by Crippen LogP contribution is -2.60. The van der Waals surface area contributed by atoms with Crippen molar-refractivity contribution in [2.75, 3.05) is 19.6 Å². The van der Waals surface area contributed by atoms with E-state index in [4.69, 9.17) is 0 Å². The minimum absolute atomic E-state index is 0.0155. The number of likely N-dealkylation sites (tertiary alicyclic amines) is 1. The Morgan fingerprint density at radius 1 is 1.18 bits per heavy atom. The summed E-state index contributed by atoms with van der Waals surface area (Å²) in [7, 11) is 0. The first kappa shape index (κ1) is 13.9. The van der Waals surface area contributed by atoms with Gasteiger partial charge in [0.2, 0.25) is 5.91 Å². The maximum atomic E-state index is 11.9. The molecule has 1 atom stereocenters. The molecule has 1 saturated carbocycles. The van der Waals surface area contributed by atoms with E-state index in [1.54, 1.807) is 10.7 Å².